The van der Waals surface area contributed by atoms with Crippen molar-refractivity contribution in [3.05, 3.63) is 59.5 Å². The number of amides is 4. The van der Waals surface area contributed by atoms with Gasteiger partial charge in [0.15, 0.2) is 5.65 Å². The minimum Gasteiger partial charge on any atom is -0.385 e. The van der Waals surface area contributed by atoms with Crippen molar-refractivity contribution in [2.75, 3.05) is 11.9 Å². The number of H-pyrrole nitrogens is 1. The summed E-state index contributed by atoms with van der Waals surface area (Å²) in [5.41, 5.74) is 5.23. The Balaban J connectivity index is 0.921. The van der Waals surface area contributed by atoms with E-state index in [0.717, 1.165) is 70.8 Å². The van der Waals surface area contributed by atoms with Gasteiger partial charge in [-0.25, -0.2) is 4.98 Å². The average Bonchev–Trinajstić information content (AvgIpc) is 3.44. The van der Waals surface area contributed by atoms with E-state index in [-0.39, 0.29) is 24.0 Å². The number of nitrogens with zero attached hydrogens (tertiary/aromatic N) is 5. The van der Waals surface area contributed by atoms with Crippen LogP contribution in [0.25, 0.3) is 22.3 Å². The number of hydrogen-bond acceptors (Lipinski definition) is 8. The largest absolute Gasteiger partial charge is 0.385 e. The van der Waals surface area contributed by atoms with E-state index in [0.29, 0.717) is 17.9 Å². The topological polar surface area (TPSA) is 155 Å². The van der Waals surface area contributed by atoms with Crippen molar-refractivity contribution in [3.63, 3.8) is 0 Å². The van der Waals surface area contributed by atoms with Crippen LogP contribution in [-0.4, -0.2) is 66.1 Å². The Morgan fingerprint density at radius 3 is 2.60 bits per heavy atom. The molecule has 12 heteroatoms. The summed E-state index contributed by atoms with van der Waals surface area (Å²) in [6.07, 6.45) is 8.44. The molecule has 2 aliphatic heterocycles. The highest BCUT2D eigenvalue weighted by molar-refractivity contribution is 6.23. The Hall–Kier alpha value is -4.87. The summed E-state index contributed by atoms with van der Waals surface area (Å²) < 4.78 is 2.11. The number of rotatable bonds is 7. The van der Waals surface area contributed by atoms with Crippen molar-refractivity contribution >= 4 is 40.3 Å². The monoisotopic (exact) mass is 564 g/mol. The maximum absolute atomic E-state index is 13.1. The van der Waals surface area contributed by atoms with E-state index in [1.165, 1.54) is 0 Å². The van der Waals surface area contributed by atoms with Gasteiger partial charge in [0.2, 0.25) is 11.8 Å². The third kappa shape index (κ3) is 4.08. The number of nitrogens with one attached hydrogen (secondary N) is 3. The normalized spacial score (nSPS) is 23.7. The number of carbonyl (C=O) groups is 4. The van der Waals surface area contributed by atoms with Gasteiger partial charge in [0, 0.05) is 41.7 Å². The molecule has 212 valence electrons. The van der Waals surface area contributed by atoms with Crippen LogP contribution in [-0.2, 0) is 9.59 Å². The number of aromatic amines is 1. The maximum Gasteiger partial charge on any atom is 0.262 e. The molecule has 8 rings (SSSR count). The third-order valence-electron chi connectivity index (χ3n) is 8.92. The van der Waals surface area contributed by atoms with Crippen molar-refractivity contribution < 1.29 is 19.2 Å². The Morgan fingerprint density at radius 2 is 1.79 bits per heavy atom. The number of fused-ring (bicyclic) bond motifs is 2. The lowest BCUT2D eigenvalue weighted by Crippen LogP contribution is -2.54. The smallest absolute Gasteiger partial charge is 0.262 e. The second kappa shape index (κ2) is 9.33. The molecular formula is C30H28N8O4. The Labute approximate surface area is 239 Å². The minimum absolute atomic E-state index is 0.0958. The summed E-state index contributed by atoms with van der Waals surface area (Å²) >= 11 is 0. The van der Waals surface area contributed by atoms with Crippen LogP contribution in [0, 0.1) is 5.92 Å². The SMILES string of the molecule is O=C1CCC(N2C(=O)c3ccc(NCC4CC(n5cc(-c6ccc7cn[nH]c7n6)c(C6CC6)n5)C4)cc3C2=O)C(=O)N1. The lowest BCUT2D eigenvalue weighted by molar-refractivity contribution is -0.136. The molecule has 3 fully saturated rings. The Morgan fingerprint density at radius 1 is 0.952 bits per heavy atom. The van der Waals surface area contributed by atoms with Crippen LogP contribution in [0.2, 0.25) is 0 Å². The summed E-state index contributed by atoms with van der Waals surface area (Å²) in [4.78, 5) is 55.7. The predicted octanol–water partition coefficient (Wildman–Crippen LogP) is 3.16. The Bertz CT molecular complexity index is 1800. The quantitative estimate of drug-likeness (QED) is 0.289. The first-order valence-electron chi connectivity index (χ1n) is 14.4. The zero-order valence-corrected chi connectivity index (χ0v) is 22.7. The van der Waals surface area contributed by atoms with Gasteiger partial charge in [-0.3, -0.25) is 39.2 Å². The lowest BCUT2D eigenvalue weighted by Gasteiger charge is -2.35. The number of imide groups is 2. The zero-order valence-electron chi connectivity index (χ0n) is 22.7. The molecule has 0 bridgehead atoms. The molecule has 12 nitrogen and oxygen atoms in total. The van der Waals surface area contributed by atoms with Gasteiger partial charge < -0.3 is 5.32 Å². The molecule has 3 aromatic heterocycles. The average molecular weight is 565 g/mol. The summed E-state index contributed by atoms with van der Waals surface area (Å²) in [6, 6.07) is 8.53. The van der Waals surface area contributed by atoms with Crippen LogP contribution in [0.3, 0.4) is 0 Å². The van der Waals surface area contributed by atoms with Crippen LogP contribution in [0.4, 0.5) is 5.69 Å². The van der Waals surface area contributed by atoms with Gasteiger partial charge in [-0.15, -0.1) is 0 Å². The fraction of sp³-hybridized carbons (Fsp3) is 0.367. The highest BCUT2D eigenvalue weighted by Crippen LogP contribution is 2.45. The first-order chi connectivity index (χ1) is 20.4. The number of anilines is 1. The molecule has 4 aromatic rings. The molecule has 1 aromatic carbocycles. The highest BCUT2D eigenvalue weighted by Gasteiger charge is 2.44. The molecular weight excluding hydrogens is 536 g/mol. The number of benzene rings is 1. The number of piperidine rings is 1. The molecule has 4 amide bonds. The summed E-state index contributed by atoms with van der Waals surface area (Å²) in [6.45, 7) is 0.732. The van der Waals surface area contributed by atoms with E-state index >= 15 is 0 Å². The summed E-state index contributed by atoms with van der Waals surface area (Å²) in [5.74, 6) is -1.06. The molecule has 2 saturated carbocycles. The minimum atomic E-state index is -0.967. The molecule has 0 radical (unpaired) electrons. The van der Waals surface area contributed by atoms with Crippen molar-refractivity contribution in [1.29, 1.82) is 0 Å². The van der Waals surface area contributed by atoms with E-state index in [1.54, 1.807) is 24.4 Å². The van der Waals surface area contributed by atoms with Gasteiger partial charge in [-0.05, 0) is 68.4 Å². The number of aromatic nitrogens is 5. The molecule has 3 N–H and O–H groups in total. The molecule has 1 atom stereocenters. The molecule has 42 heavy (non-hydrogen) atoms. The molecule has 5 heterocycles. The lowest BCUT2D eigenvalue weighted by atomic mass is 9.80. The highest BCUT2D eigenvalue weighted by atomic mass is 16.2. The van der Waals surface area contributed by atoms with Gasteiger partial charge in [0.05, 0.1) is 34.8 Å². The molecule has 1 saturated heterocycles. The fourth-order valence-electron chi connectivity index (χ4n) is 6.35. The van der Waals surface area contributed by atoms with Crippen LogP contribution < -0.4 is 10.6 Å². The van der Waals surface area contributed by atoms with E-state index in [1.807, 2.05) is 12.1 Å². The second-order valence-corrected chi connectivity index (χ2v) is 11.8. The summed E-state index contributed by atoms with van der Waals surface area (Å²) in [5, 5.41) is 18.7. The van der Waals surface area contributed by atoms with E-state index in [2.05, 4.69) is 31.7 Å². The standard InChI is InChI=1S/C30H28N8O4/c39-25-8-7-24(28(40)34-25)38-29(41)20-5-4-18(11-21(20)30(38)42)31-12-15-9-19(10-15)37-14-22(26(36-37)16-1-2-16)23-6-3-17-13-32-35-27(17)33-23/h3-6,11,13-16,19,24,31H,1-2,7-10,12H2,(H,32,33,35)(H,34,39,40). The number of pyridine rings is 1. The Kier molecular flexibility index (Phi) is 5.53. The fourth-order valence-corrected chi connectivity index (χ4v) is 6.35. The molecule has 2 aliphatic carbocycles. The molecule has 0 spiro atoms. The summed E-state index contributed by atoms with van der Waals surface area (Å²) in [7, 11) is 0. The predicted molar refractivity (Wildman–Crippen MR) is 150 cm³/mol. The zero-order chi connectivity index (χ0) is 28.5. The van der Waals surface area contributed by atoms with E-state index in [4.69, 9.17) is 10.1 Å². The first-order valence-corrected chi connectivity index (χ1v) is 14.4. The first kappa shape index (κ1) is 24.9. The molecule has 1 unspecified atom stereocenters. The van der Waals surface area contributed by atoms with Gasteiger partial charge in [-0.1, -0.05) is 0 Å². The maximum atomic E-state index is 13.1. The van der Waals surface area contributed by atoms with Crippen molar-refractivity contribution in [2.45, 2.75) is 56.5 Å². The van der Waals surface area contributed by atoms with Gasteiger partial charge in [0.1, 0.15) is 6.04 Å². The van der Waals surface area contributed by atoms with Crippen LogP contribution in [0.5, 0.6) is 0 Å². The number of hydrogen-bond donors (Lipinski definition) is 3. The van der Waals surface area contributed by atoms with Crippen LogP contribution in [0.15, 0.2) is 42.7 Å². The molecule has 4 aliphatic rings. The third-order valence-corrected chi connectivity index (χ3v) is 8.92. The van der Waals surface area contributed by atoms with Crippen molar-refractivity contribution in [1.82, 2.24) is 35.2 Å². The van der Waals surface area contributed by atoms with Gasteiger partial charge >= 0.3 is 0 Å². The van der Waals surface area contributed by atoms with Gasteiger partial charge in [0.25, 0.3) is 11.8 Å². The number of carbonyl (C=O) groups excluding carboxylic acids is 4. The van der Waals surface area contributed by atoms with E-state index < -0.39 is 29.7 Å². The van der Waals surface area contributed by atoms with Crippen molar-refractivity contribution in [2.24, 2.45) is 5.92 Å². The van der Waals surface area contributed by atoms with Crippen LogP contribution in [0.1, 0.15) is 76.9 Å². The van der Waals surface area contributed by atoms with Crippen LogP contribution >= 0.6 is 0 Å². The van der Waals surface area contributed by atoms with Crippen molar-refractivity contribution in [3.8, 4) is 11.3 Å². The van der Waals surface area contributed by atoms with Gasteiger partial charge in [-0.2, -0.15) is 10.2 Å². The van der Waals surface area contributed by atoms with E-state index in [9.17, 15) is 19.2 Å². The second-order valence-electron chi connectivity index (χ2n) is 11.8.